The van der Waals surface area contributed by atoms with Crippen LogP contribution in [0.1, 0.15) is 0 Å². The maximum Gasteiger partial charge on any atom is 0.202 e. The Hall–Kier alpha value is -1.08. The number of nitrogens with zero attached hydrogens (tertiary/aromatic N) is 1. The number of morpholine rings is 1. The van der Waals surface area contributed by atoms with E-state index >= 15 is 0 Å². The predicted octanol–water partition coefficient (Wildman–Crippen LogP) is 1.97. The summed E-state index contributed by atoms with van der Waals surface area (Å²) in [4.78, 5) is 17.5. The monoisotopic (exact) mass is 356 g/mol. The SMILES string of the molecule is O=c1c(I)c[nH]c2ccc(N3CCOCC3)cc12. The van der Waals surface area contributed by atoms with E-state index in [0.717, 1.165) is 46.5 Å². The Morgan fingerprint density at radius 2 is 2.06 bits per heavy atom. The average Bonchev–Trinajstić information content (AvgIpc) is 2.44. The molecule has 0 atom stereocenters. The first-order chi connectivity index (χ1) is 8.75. The molecule has 0 unspecified atom stereocenters. The van der Waals surface area contributed by atoms with E-state index in [9.17, 15) is 4.79 Å². The first-order valence-electron chi connectivity index (χ1n) is 5.89. The molecular formula is C13H13IN2O2. The van der Waals surface area contributed by atoms with Gasteiger partial charge in [-0.2, -0.15) is 0 Å². The van der Waals surface area contributed by atoms with Gasteiger partial charge < -0.3 is 14.6 Å². The highest BCUT2D eigenvalue weighted by Gasteiger charge is 2.12. The number of hydrogen-bond donors (Lipinski definition) is 1. The van der Waals surface area contributed by atoms with E-state index in [1.54, 1.807) is 6.20 Å². The maximum atomic E-state index is 12.1. The molecule has 0 aliphatic carbocycles. The molecular weight excluding hydrogens is 343 g/mol. The normalized spacial score (nSPS) is 16.2. The van der Waals surface area contributed by atoms with Gasteiger partial charge in [-0.3, -0.25) is 4.79 Å². The van der Waals surface area contributed by atoms with Crippen LogP contribution in [0.3, 0.4) is 0 Å². The smallest absolute Gasteiger partial charge is 0.202 e. The van der Waals surface area contributed by atoms with Crippen molar-refractivity contribution in [1.29, 1.82) is 0 Å². The standard InChI is InChI=1S/C13H13IN2O2/c14-11-8-15-12-2-1-9(7-10(12)13(11)17)16-3-5-18-6-4-16/h1-2,7-8H,3-6H2,(H,15,17). The van der Waals surface area contributed by atoms with E-state index in [0.29, 0.717) is 0 Å². The van der Waals surface area contributed by atoms with Crippen LogP contribution in [-0.2, 0) is 4.74 Å². The summed E-state index contributed by atoms with van der Waals surface area (Å²) in [5.74, 6) is 0. The Morgan fingerprint density at radius 1 is 1.28 bits per heavy atom. The zero-order valence-corrected chi connectivity index (χ0v) is 11.9. The molecule has 0 bridgehead atoms. The summed E-state index contributed by atoms with van der Waals surface area (Å²) in [6.45, 7) is 3.27. The number of hydrogen-bond acceptors (Lipinski definition) is 3. The second-order valence-electron chi connectivity index (χ2n) is 4.30. The van der Waals surface area contributed by atoms with Crippen molar-refractivity contribution in [2.45, 2.75) is 0 Å². The van der Waals surface area contributed by atoms with Crippen molar-refractivity contribution >= 4 is 39.2 Å². The summed E-state index contributed by atoms with van der Waals surface area (Å²) >= 11 is 2.06. The summed E-state index contributed by atoms with van der Waals surface area (Å²) in [7, 11) is 0. The summed E-state index contributed by atoms with van der Waals surface area (Å²) in [5.41, 5.74) is 2.08. The Labute approximate surface area is 118 Å². The molecule has 1 saturated heterocycles. The molecule has 1 aliphatic heterocycles. The van der Waals surface area contributed by atoms with Gasteiger partial charge in [0.2, 0.25) is 5.43 Å². The van der Waals surface area contributed by atoms with Crippen molar-refractivity contribution in [2.75, 3.05) is 31.2 Å². The summed E-state index contributed by atoms with van der Waals surface area (Å²) < 4.78 is 6.06. The number of fused-ring (bicyclic) bond motifs is 1. The molecule has 0 amide bonds. The number of H-pyrrole nitrogens is 1. The van der Waals surface area contributed by atoms with Crippen LogP contribution in [-0.4, -0.2) is 31.3 Å². The minimum absolute atomic E-state index is 0.0967. The minimum atomic E-state index is 0.0967. The molecule has 1 N–H and O–H groups in total. The highest BCUT2D eigenvalue weighted by atomic mass is 127. The van der Waals surface area contributed by atoms with E-state index in [1.807, 2.05) is 12.1 Å². The second-order valence-corrected chi connectivity index (χ2v) is 5.46. The van der Waals surface area contributed by atoms with Gasteiger partial charge in [-0.15, -0.1) is 0 Å². The summed E-state index contributed by atoms with van der Waals surface area (Å²) in [5, 5.41) is 0.755. The molecule has 1 aromatic heterocycles. The van der Waals surface area contributed by atoms with Gasteiger partial charge in [-0.1, -0.05) is 0 Å². The molecule has 2 aromatic rings. The third-order valence-corrected chi connectivity index (χ3v) is 4.00. The van der Waals surface area contributed by atoms with Crippen molar-refractivity contribution in [3.05, 3.63) is 38.2 Å². The molecule has 1 aromatic carbocycles. The largest absolute Gasteiger partial charge is 0.378 e. The van der Waals surface area contributed by atoms with Gasteiger partial charge in [0.15, 0.2) is 0 Å². The van der Waals surface area contributed by atoms with Gasteiger partial charge in [-0.25, -0.2) is 0 Å². The van der Waals surface area contributed by atoms with E-state index < -0.39 is 0 Å². The number of nitrogens with one attached hydrogen (secondary N) is 1. The van der Waals surface area contributed by atoms with Crippen LogP contribution in [0.25, 0.3) is 10.9 Å². The van der Waals surface area contributed by atoms with E-state index in [4.69, 9.17) is 4.74 Å². The summed E-state index contributed by atoms with van der Waals surface area (Å²) in [6.07, 6.45) is 1.75. The number of aromatic nitrogens is 1. The Kier molecular flexibility index (Phi) is 3.25. The fourth-order valence-corrected chi connectivity index (χ4v) is 2.65. The third kappa shape index (κ3) is 2.12. The topological polar surface area (TPSA) is 45.3 Å². The number of anilines is 1. The number of benzene rings is 1. The van der Waals surface area contributed by atoms with Gasteiger partial charge in [0.1, 0.15) is 0 Å². The molecule has 94 valence electrons. The predicted molar refractivity (Wildman–Crippen MR) is 80.3 cm³/mol. The molecule has 1 fully saturated rings. The Balaban J connectivity index is 2.09. The number of rotatable bonds is 1. The molecule has 1 aliphatic rings. The lowest BCUT2D eigenvalue weighted by Crippen LogP contribution is -2.36. The van der Waals surface area contributed by atoms with Crippen LogP contribution in [0.4, 0.5) is 5.69 Å². The lowest BCUT2D eigenvalue weighted by Gasteiger charge is -2.28. The van der Waals surface area contributed by atoms with E-state index in [1.165, 1.54) is 0 Å². The van der Waals surface area contributed by atoms with E-state index in [-0.39, 0.29) is 5.43 Å². The quantitative estimate of drug-likeness (QED) is 0.795. The number of pyridine rings is 1. The molecule has 0 radical (unpaired) electrons. The molecule has 0 saturated carbocycles. The highest BCUT2D eigenvalue weighted by Crippen LogP contribution is 2.20. The molecule has 18 heavy (non-hydrogen) atoms. The minimum Gasteiger partial charge on any atom is -0.378 e. The Morgan fingerprint density at radius 3 is 2.83 bits per heavy atom. The van der Waals surface area contributed by atoms with Crippen LogP contribution < -0.4 is 10.3 Å². The molecule has 2 heterocycles. The lowest BCUT2D eigenvalue weighted by molar-refractivity contribution is 0.122. The first-order valence-corrected chi connectivity index (χ1v) is 6.97. The Bertz CT molecular complexity index is 632. The summed E-state index contributed by atoms with van der Waals surface area (Å²) in [6, 6.07) is 6.00. The molecule has 4 nitrogen and oxygen atoms in total. The average molecular weight is 356 g/mol. The number of aromatic amines is 1. The first kappa shape index (κ1) is 12.0. The van der Waals surface area contributed by atoms with Crippen molar-refractivity contribution in [3.63, 3.8) is 0 Å². The number of halogens is 1. The van der Waals surface area contributed by atoms with Crippen molar-refractivity contribution in [1.82, 2.24) is 4.98 Å². The maximum absolute atomic E-state index is 12.1. The molecule has 5 heteroatoms. The van der Waals surface area contributed by atoms with Crippen LogP contribution in [0, 0.1) is 3.57 Å². The molecule has 3 rings (SSSR count). The van der Waals surface area contributed by atoms with Crippen LogP contribution in [0.2, 0.25) is 0 Å². The van der Waals surface area contributed by atoms with Gasteiger partial charge >= 0.3 is 0 Å². The van der Waals surface area contributed by atoms with Crippen LogP contribution >= 0.6 is 22.6 Å². The third-order valence-electron chi connectivity index (χ3n) is 3.20. The fourth-order valence-electron chi connectivity index (χ4n) is 2.20. The van der Waals surface area contributed by atoms with Crippen molar-refractivity contribution in [2.24, 2.45) is 0 Å². The second kappa shape index (κ2) is 4.89. The molecule has 0 spiro atoms. The van der Waals surface area contributed by atoms with Crippen molar-refractivity contribution < 1.29 is 4.74 Å². The van der Waals surface area contributed by atoms with E-state index in [2.05, 4.69) is 38.5 Å². The van der Waals surface area contributed by atoms with Gasteiger partial charge in [0, 0.05) is 35.9 Å². The zero-order valence-electron chi connectivity index (χ0n) is 9.78. The zero-order chi connectivity index (χ0) is 12.5. The van der Waals surface area contributed by atoms with Gasteiger partial charge in [-0.05, 0) is 40.8 Å². The fraction of sp³-hybridized carbons (Fsp3) is 0.308. The van der Waals surface area contributed by atoms with Gasteiger partial charge in [0.25, 0.3) is 0 Å². The van der Waals surface area contributed by atoms with Crippen LogP contribution in [0.5, 0.6) is 0 Å². The van der Waals surface area contributed by atoms with Crippen molar-refractivity contribution in [3.8, 4) is 0 Å². The van der Waals surface area contributed by atoms with Crippen LogP contribution in [0.15, 0.2) is 29.2 Å². The number of ether oxygens (including phenoxy) is 1. The lowest BCUT2D eigenvalue weighted by atomic mass is 10.1. The highest BCUT2D eigenvalue weighted by molar-refractivity contribution is 14.1. The van der Waals surface area contributed by atoms with Gasteiger partial charge in [0.05, 0.1) is 16.8 Å².